The van der Waals surface area contributed by atoms with Crippen LogP contribution in [-0.2, 0) is 12.8 Å². The molecule has 1 rings (SSSR count). The first kappa shape index (κ1) is 11.1. The van der Waals surface area contributed by atoms with E-state index in [0.29, 0.717) is 6.42 Å². The number of hydrogen-bond acceptors (Lipinski definition) is 2. The minimum Gasteiger partial charge on any atom is -0.497 e. The van der Waals surface area contributed by atoms with Crippen LogP contribution in [0, 0.1) is 0 Å². The maximum atomic E-state index is 9.29. The summed E-state index contributed by atoms with van der Waals surface area (Å²) in [5.41, 5.74) is 2.39. The number of hydrogen-bond donors (Lipinski definition) is 1. The highest BCUT2D eigenvalue weighted by Crippen LogP contribution is 2.18. The number of aryl methyl sites for hydroxylation is 1. The summed E-state index contributed by atoms with van der Waals surface area (Å²) in [5, 5.41) is 9.29. The van der Waals surface area contributed by atoms with Crippen LogP contribution < -0.4 is 4.74 Å². The van der Waals surface area contributed by atoms with Crippen molar-refractivity contribution >= 4 is 0 Å². The lowest BCUT2D eigenvalue weighted by Crippen LogP contribution is -2.04. The lowest BCUT2D eigenvalue weighted by atomic mass is 10.0. The quantitative estimate of drug-likeness (QED) is 0.796. The Kier molecular flexibility index (Phi) is 3.96. The predicted octanol–water partition coefficient (Wildman–Crippen LogP) is 2.18. The highest BCUT2D eigenvalue weighted by Gasteiger charge is 2.03. The molecule has 0 bridgehead atoms. The standard InChI is InChI=1S/C12H18O2/c1-4-10-6-11(5-9(2)13)8-12(7-10)14-3/h6-9,13H,4-5H2,1-3H3. The third kappa shape index (κ3) is 3.04. The van der Waals surface area contributed by atoms with Crippen molar-refractivity contribution in [2.75, 3.05) is 7.11 Å². The Bertz CT molecular complexity index is 270. The SMILES string of the molecule is CCc1cc(CC(C)O)cc(OC)c1. The van der Waals surface area contributed by atoms with Crippen molar-refractivity contribution in [2.24, 2.45) is 0 Å². The smallest absolute Gasteiger partial charge is 0.119 e. The van der Waals surface area contributed by atoms with E-state index in [4.69, 9.17) is 4.74 Å². The molecule has 1 aromatic carbocycles. The minimum absolute atomic E-state index is 0.299. The van der Waals surface area contributed by atoms with E-state index >= 15 is 0 Å². The van der Waals surface area contributed by atoms with Gasteiger partial charge in [-0.15, -0.1) is 0 Å². The molecular weight excluding hydrogens is 176 g/mol. The molecule has 1 aromatic rings. The summed E-state index contributed by atoms with van der Waals surface area (Å²) in [4.78, 5) is 0. The minimum atomic E-state index is -0.299. The molecule has 0 saturated heterocycles. The van der Waals surface area contributed by atoms with Crippen molar-refractivity contribution in [3.05, 3.63) is 29.3 Å². The Morgan fingerprint density at radius 1 is 1.29 bits per heavy atom. The fraction of sp³-hybridized carbons (Fsp3) is 0.500. The van der Waals surface area contributed by atoms with Gasteiger partial charge in [-0.3, -0.25) is 0 Å². The van der Waals surface area contributed by atoms with E-state index < -0.39 is 0 Å². The monoisotopic (exact) mass is 194 g/mol. The first-order valence-corrected chi connectivity index (χ1v) is 5.00. The van der Waals surface area contributed by atoms with Gasteiger partial charge in [0.1, 0.15) is 5.75 Å². The fourth-order valence-corrected chi connectivity index (χ4v) is 1.51. The van der Waals surface area contributed by atoms with Crippen molar-refractivity contribution in [1.82, 2.24) is 0 Å². The van der Waals surface area contributed by atoms with Gasteiger partial charge in [-0.25, -0.2) is 0 Å². The van der Waals surface area contributed by atoms with Crippen LogP contribution in [0.25, 0.3) is 0 Å². The normalized spacial score (nSPS) is 12.6. The van der Waals surface area contributed by atoms with Gasteiger partial charge in [0.15, 0.2) is 0 Å². The Labute approximate surface area is 85.5 Å². The highest BCUT2D eigenvalue weighted by molar-refractivity contribution is 5.34. The number of aliphatic hydroxyl groups is 1. The van der Waals surface area contributed by atoms with Gasteiger partial charge in [-0.2, -0.15) is 0 Å². The summed E-state index contributed by atoms with van der Waals surface area (Å²) < 4.78 is 5.20. The van der Waals surface area contributed by atoms with Crippen LogP contribution in [0.2, 0.25) is 0 Å². The summed E-state index contributed by atoms with van der Waals surface area (Å²) in [6.45, 7) is 3.91. The summed E-state index contributed by atoms with van der Waals surface area (Å²) >= 11 is 0. The molecule has 1 N–H and O–H groups in total. The first-order chi connectivity index (χ1) is 6.65. The first-order valence-electron chi connectivity index (χ1n) is 5.00. The van der Waals surface area contributed by atoms with Gasteiger partial charge in [-0.05, 0) is 43.0 Å². The zero-order chi connectivity index (χ0) is 10.6. The van der Waals surface area contributed by atoms with Crippen LogP contribution in [0.1, 0.15) is 25.0 Å². The van der Waals surface area contributed by atoms with E-state index in [1.165, 1.54) is 5.56 Å². The van der Waals surface area contributed by atoms with Crippen LogP contribution in [0.5, 0.6) is 5.75 Å². The third-order valence-corrected chi connectivity index (χ3v) is 2.20. The molecule has 0 radical (unpaired) electrons. The van der Waals surface area contributed by atoms with Gasteiger partial charge in [0.05, 0.1) is 13.2 Å². The Hall–Kier alpha value is -1.02. The van der Waals surface area contributed by atoms with E-state index in [1.807, 2.05) is 12.1 Å². The van der Waals surface area contributed by atoms with Crippen LogP contribution in [0.15, 0.2) is 18.2 Å². The number of benzene rings is 1. The van der Waals surface area contributed by atoms with Crippen molar-refractivity contribution < 1.29 is 9.84 Å². The van der Waals surface area contributed by atoms with E-state index in [2.05, 4.69) is 13.0 Å². The molecule has 0 fully saturated rings. The number of aliphatic hydroxyl groups excluding tert-OH is 1. The molecular formula is C12H18O2. The zero-order valence-corrected chi connectivity index (χ0v) is 9.08. The molecule has 2 nitrogen and oxygen atoms in total. The maximum absolute atomic E-state index is 9.29. The largest absolute Gasteiger partial charge is 0.497 e. The average molecular weight is 194 g/mol. The molecule has 1 unspecified atom stereocenters. The summed E-state index contributed by atoms with van der Waals surface area (Å²) in [5.74, 6) is 0.875. The lowest BCUT2D eigenvalue weighted by molar-refractivity contribution is 0.195. The third-order valence-electron chi connectivity index (χ3n) is 2.20. The predicted molar refractivity (Wildman–Crippen MR) is 57.8 cm³/mol. The topological polar surface area (TPSA) is 29.5 Å². The molecule has 0 saturated carbocycles. The van der Waals surface area contributed by atoms with Gasteiger partial charge < -0.3 is 9.84 Å². The van der Waals surface area contributed by atoms with Crippen LogP contribution in [0.4, 0.5) is 0 Å². The number of ether oxygens (including phenoxy) is 1. The van der Waals surface area contributed by atoms with Crippen molar-refractivity contribution in [1.29, 1.82) is 0 Å². The second-order valence-corrected chi connectivity index (χ2v) is 3.60. The van der Waals surface area contributed by atoms with Crippen molar-refractivity contribution in [3.63, 3.8) is 0 Å². The van der Waals surface area contributed by atoms with Crippen LogP contribution in [-0.4, -0.2) is 18.3 Å². The molecule has 2 heteroatoms. The zero-order valence-electron chi connectivity index (χ0n) is 9.08. The molecule has 0 aromatic heterocycles. The summed E-state index contributed by atoms with van der Waals surface area (Å²) in [6.07, 6.45) is 1.38. The summed E-state index contributed by atoms with van der Waals surface area (Å²) in [7, 11) is 1.67. The molecule has 0 aliphatic heterocycles. The average Bonchev–Trinajstić information content (AvgIpc) is 2.16. The van der Waals surface area contributed by atoms with Gasteiger partial charge in [0.25, 0.3) is 0 Å². The Balaban J connectivity index is 2.92. The second-order valence-electron chi connectivity index (χ2n) is 3.60. The number of methoxy groups -OCH3 is 1. The molecule has 14 heavy (non-hydrogen) atoms. The number of rotatable bonds is 4. The van der Waals surface area contributed by atoms with E-state index in [1.54, 1.807) is 14.0 Å². The van der Waals surface area contributed by atoms with E-state index in [9.17, 15) is 5.11 Å². The van der Waals surface area contributed by atoms with Gasteiger partial charge in [-0.1, -0.05) is 13.0 Å². The Morgan fingerprint density at radius 2 is 1.93 bits per heavy atom. The molecule has 1 atom stereocenters. The molecule has 0 heterocycles. The van der Waals surface area contributed by atoms with Gasteiger partial charge in [0.2, 0.25) is 0 Å². The molecule has 0 spiro atoms. The van der Waals surface area contributed by atoms with E-state index in [0.717, 1.165) is 17.7 Å². The molecule has 0 aliphatic carbocycles. The van der Waals surface area contributed by atoms with Crippen LogP contribution in [0.3, 0.4) is 0 Å². The van der Waals surface area contributed by atoms with E-state index in [-0.39, 0.29) is 6.10 Å². The fourth-order valence-electron chi connectivity index (χ4n) is 1.51. The van der Waals surface area contributed by atoms with Crippen molar-refractivity contribution in [2.45, 2.75) is 32.8 Å². The van der Waals surface area contributed by atoms with Crippen LogP contribution >= 0.6 is 0 Å². The van der Waals surface area contributed by atoms with Gasteiger partial charge >= 0.3 is 0 Å². The second kappa shape index (κ2) is 5.01. The molecule has 78 valence electrons. The molecule has 0 aliphatic rings. The summed E-state index contributed by atoms with van der Waals surface area (Å²) in [6, 6.07) is 6.13. The Morgan fingerprint density at radius 3 is 2.43 bits per heavy atom. The maximum Gasteiger partial charge on any atom is 0.119 e. The van der Waals surface area contributed by atoms with Gasteiger partial charge in [0, 0.05) is 0 Å². The highest BCUT2D eigenvalue weighted by atomic mass is 16.5. The van der Waals surface area contributed by atoms with Crippen molar-refractivity contribution in [3.8, 4) is 5.75 Å². The lowest BCUT2D eigenvalue weighted by Gasteiger charge is -2.09. The molecule has 0 amide bonds.